The molecule has 0 spiro atoms. The van der Waals surface area contributed by atoms with Crippen molar-refractivity contribution in [3.05, 3.63) is 35.9 Å². The van der Waals surface area contributed by atoms with Gasteiger partial charge in [0.2, 0.25) is 5.96 Å². The van der Waals surface area contributed by atoms with Crippen LogP contribution in [0.2, 0.25) is 0 Å². The fourth-order valence-electron chi connectivity index (χ4n) is 0.941. The Labute approximate surface area is 86.3 Å². The molecule has 0 heterocycles. The van der Waals surface area contributed by atoms with Gasteiger partial charge in [-0.05, 0) is 5.56 Å². The molecule has 0 aliphatic carbocycles. The zero-order chi connectivity index (χ0) is 11.3. The van der Waals surface area contributed by atoms with Crippen LogP contribution in [0.5, 0.6) is 0 Å². The maximum atomic E-state index is 10.5. The quantitative estimate of drug-likeness (QED) is 0.392. The van der Waals surface area contributed by atoms with Crippen molar-refractivity contribution < 1.29 is 14.7 Å². The number of rotatable bonds is 3. The minimum atomic E-state index is -1.42. The summed E-state index contributed by atoms with van der Waals surface area (Å²) in [4.78, 5) is 15.4. The van der Waals surface area contributed by atoms with Gasteiger partial charge in [0.25, 0.3) is 0 Å². The van der Waals surface area contributed by atoms with Crippen molar-refractivity contribution >= 4 is 12.1 Å². The van der Waals surface area contributed by atoms with Crippen LogP contribution in [-0.2, 0) is 11.4 Å². The molecule has 1 rings (SSSR count). The second-order valence-electron chi connectivity index (χ2n) is 2.72. The number of nitrogens with zero attached hydrogens (tertiary/aromatic N) is 1. The molecule has 15 heavy (non-hydrogen) atoms. The topological polar surface area (TPSA) is 99.6 Å². The summed E-state index contributed by atoms with van der Waals surface area (Å²) < 4.78 is 0. The SMILES string of the molecule is N=C(N)N(OCc1ccccc1)C(=O)O. The van der Waals surface area contributed by atoms with E-state index >= 15 is 0 Å². The van der Waals surface area contributed by atoms with E-state index in [0.717, 1.165) is 5.56 Å². The number of carbonyl (C=O) groups is 1. The van der Waals surface area contributed by atoms with Crippen molar-refractivity contribution in [3.63, 3.8) is 0 Å². The predicted octanol–water partition coefficient (Wildman–Crippen LogP) is 0.992. The molecule has 80 valence electrons. The average molecular weight is 209 g/mol. The predicted molar refractivity (Wildman–Crippen MR) is 53.0 cm³/mol. The van der Waals surface area contributed by atoms with Crippen molar-refractivity contribution in [3.8, 4) is 0 Å². The van der Waals surface area contributed by atoms with Crippen LogP contribution in [0.3, 0.4) is 0 Å². The Morgan fingerprint density at radius 2 is 2.07 bits per heavy atom. The van der Waals surface area contributed by atoms with Crippen LogP contribution in [0.25, 0.3) is 0 Å². The second-order valence-corrected chi connectivity index (χ2v) is 2.72. The molecule has 1 amide bonds. The number of hydroxylamine groups is 2. The normalized spacial score (nSPS) is 9.60. The van der Waals surface area contributed by atoms with Crippen LogP contribution >= 0.6 is 0 Å². The third-order valence-corrected chi connectivity index (χ3v) is 1.60. The highest BCUT2D eigenvalue weighted by atomic mass is 16.7. The van der Waals surface area contributed by atoms with E-state index in [1.165, 1.54) is 0 Å². The lowest BCUT2D eigenvalue weighted by Gasteiger charge is -2.15. The van der Waals surface area contributed by atoms with Gasteiger partial charge >= 0.3 is 6.09 Å². The maximum absolute atomic E-state index is 10.5. The third-order valence-electron chi connectivity index (χ3n) is 1.60. The lowest BCUT2D eigenvalue weighted by atomic mass is 10.2. The zero-order valence-electron chi connectivity index (χ0n) is 7.88. The molecule has 0 radical (unpaired) electrons. The first-order chi connectivity index (χ1) is 7.11. The Kier molecular flexibility index (Phi) is 3.64. The number of carboxylic acid groups (broad SMARTS) is 1. The summed E-state index contributed by atoms with van der Waals surface area (Å²) in [7, 11) is 0. The van der Waals surface area contributed by atoms with Crippen molar-refractivity contribution in [1.82, 2.24) is 5.06 Å². The van der Waals surface area contributed by atoms with Crippen LogP contribution < -0.4 is 5.73 Å². The van der Waals surface area contributed by atoms with Crippen LogP contribution in [0.1, 0.15) is 5.56 Å². The van der Waals surface area contributed by atoms with E-state index in [4.69, 9.17) is 21.1 Å². The number of hydrogen-bond donors (Lipinski definition) is 3. The molecular weight excluding hydrogens is 198 g/mol. The molecule has 0 bridgehead atoms. The lowest BCUT2D eigenvalue weighted by molar-refractivity contribution is -0.0892. The summed E-state index contributed by atoms with van der Waals surface area (Å²) in [5, 5.41) is 15.9. The second kappa shape index (κ2) is 4.97. The summed E-state index contributed by atoms with van der Waals surface area (Å²) in [5.41, 5.74) is 5.80. The van der Waals surface area contributed by atoms with E-state index < -0.39 is 12.1 Å². The average Bonchev–Trinajstić information content (AvgIpc) is 2.18. The number of nitrogens with two attached hydrogens (primary N) is 1. The van der Waals surface area contributed by atoms with E-state index in [0.29, 0.717) is 5.06 Å². The van der Waals surface area contributed by atoms with Crippen molar-refractivity contribution in [2.75, 3.05) is 0 Å². The van der Waals surface area contributed by atoms with Crippen molar-refractivity contribution in [1.29, 1.82) is 5.41 Å². The molecule has 0 saturated heterocycles. The smallest absolute Gasteiger partial charge is 0.439 e. The molecule has 1 aromatic rings. The van der Waals surface area contributed by atoms with Crippen molar-refractivity contribution in [2.45, 2.75) is 6.61 Å². The molecule has 0 aliphatic rings. The number of hydrogen-bond acceptors (Lipinski definition) is 3. The van der Waals surface area contributed by atoms with Gasteiger partial charge in [-0.15, -0.1) is 5.06 Å². The molecule has 0 atom stereocenters. The number of nitrogens with one attached hydrogen (secondary N) is 1. The number of guanidine groups is 1. The molecule has 6 nitrogen and oxygen atoms in total. The summed E-state index contributed by atoms with van der Waals surface area (Å²) in [6.45, 7) is 0.0483. The number of benzene rings is 1. The third kappa shape index (κ3) is 3.28. The highest BCUT2D eigenvalue weighted by Crippen LogP contribution is 2.02. The van der Waals surface area contributed by atoms with Gasteiger partial charge in [-0.2, -0.15) is 0 Å². The van der Waals surface area contributed by atoms with Crippen molar-refractivity contribution in [2.24, 2.45) is 5.73 Å². The fourth-order valence-corrected chi connectivity index (χ4v) is 0.941. The first-order valence-corrected chi connectivity index (χ1v) is 4.15. The van der Waals surface area contributed by atoms with Gasteiger partial charge < -0.3 is 10.8 Å². The minimum absolute atomic E-state index is 0.0483. The molecule has 1 aromatic carbocycles. The van der Waals surface area contributed by atoms with E-state index in [2.05, 4.69) is 0 Å². The van der Waals surface area contributed by atoms with Gasteiger partial charge in [-0.1, -0.05) is 30.3 Å². The van der Waals surface area contributed by atoms with Gasteiger partial charge in [0.15, 0.2) is 0 Å². The fraction of sp³-hybridized carbons (Fsp3) is 0.111. The molecule has 4 N–H and O–H groups in total. The Morgan fingerprint density at radius 1 is 1.47 bits per heavy atom. The van der Waals surface area contributed by atoms with Gasteiger partial charge in [-0.25, -0.2) is 4.79 Å². The highest BCUT2D eigenvalue weighted by molar-refractivity contribution is 5.88. The largest absolute Gasteiger partial charge is 0.463 e. The molecule has 0 aromatic heterocycles. The Bertz CT molecular complexity index is 339. The molecule has 0 fully saturated rings. The minimum Gasteiger partial charge on any atom is -0.463 e. The van der Waals surface area contributed by atoms with Gasteiger partial charge in [-0.3, -0.25) is 10.2 Å². The summed E-state index contributed by atoms with van der Waals surface area (Å²) >= 11 is 0. The molecular formula is C9H11N3O3. The van der Waals surface area contributed by atoms with Crippen LogP contribution in [0.15, 0.2) is 30.3 Å². The van der Waals surface area contributed by atoms with E-state index in [1.54, 1.807) is 24.3 Å². The first kappa shape index (κ1) is 11.0. The number of amides is 1. The molecule has 0 saturated carbocycles. The van der Waals surface area contributed by atoms with Gasteiger partial charge in [0.05, 0.1) is 0 Å². The molecule has 0 aliphatic heterocycles. The highest BCUT2D eigenvalue weighted by Gasteiger charge is 2.15. The van der Waals surface area contributed by atoms with E-state index in [1.807, 2.05) is 6.07 Å². The summed E-state index contributed by atoms with van der Waals surface area (Å²) in [5.74, 6) is -0.668. The summed E-state index contributed by atoms with van der Waals surface area (Å²) in [6, 6.07) is 9.00. The van der Waals surface area contributed by atoms with Crippen LogP contribution in [0.4, 0.5) is 4.79 Å². The Morgan fingerprint density at radius 3 is 2.53 bits per heavy atom. The molecule has 6 heteroatoms. The Balaban J connectivity index is 2.55. The van der Waals surface area contributed by atoms with Crippen LogP contribution in [-0.4, -0.2) is 22.2 Å². The lowest BCUT2D eigenvalue weighted by Crippen LogP contribution is -2.40. The maximum Gasteiger partial charge on any atom is 0.439 e. The standard InChI is InChI=1S/C9H11N3O3/c10-8(11)12(9(13)14)15-6-7-4-2-1-3-5-7/h1-5H,6H2,(H3,10,11)(H,13,14). The summed E-state index contributed by atoms with van der Waals surface area (Å²) in [6.07, 6.45) is -1.42. The van der Waals surface area contributed by atoms with Crippen LogP contribution in [0, 0.1) is 5.41 Å². The molecule has 0 unspecified atom stereocenters. The Hall–Kier alpha value is -2.08. The monoisotopic (exact) mass is 209 g/mol. The van der Waals surface area contributed by atoms with E-state index in [9.17, 15) is 4.79 Å². The van der Waals surface area contributed by atoms with E-state index in [-0.39, 0.29) is 6.61 Å². The zero-order valence-corrected chi connectivity index (χ0v) is 7.88. The van der Waals surface area contributed by atoms with Gasteiger partial charge in [0.1, 0.15) is 6.61 Å². The van der Waals surface area contributed by atoms with Gasteiger partial charge in [0, 0.05) is 0 Å². The first-order valence-electron chi connectivity index (χ1n) is 4.15.